The van der Waals surface area contributed by atoms with Gasteiger partial charge in [-0.1, -0.05) is 11.3 Å². The maximum Gasteiger partial charge on any atom is 0.338 e. The minimum Gasteiger partial charge on any atom is -0.462 e. The number of hydrogen-bond acceptors (Lipinski definition) is 6. The Morgan fingerprint density at radius 2 is 2.07 bits per heavy atom. The number of carbonyl (C=O) groups is 2. The summed E-state index contributed by atoms with van der Waals surface area (Å²) in [5, 5.41) is 14.3. The molecule has 1 aliphatic heterocycles. The lowest BCUT2D eigenvalue weighted by Crippen LogP contribution is -2.30. The number of esters is 1. The van der Waals surface area contributed by atoms with Crippen molar-refractivity contribution in [1.82, 2.24) is 20.3 Å². The van der Waals surface area contributed by atoms with Crippen molar-refractivity contribution in [2.24, 2.45) is 0 Å². The second-order valence-corrected chi connectivity index (χ2v) is 6.20. The van der Waals surface area contributed by atoms with E-state index in [-0.39, 0.29) is 24.4 Å². The van der Waals surface area contributed by atoms with Crippen LogP contribution >= 0.6 is 12.4 Å². The third-order valence-electron chi connectivity index (χ3n) is 4.43. The summed E-state index contributed by atoms with van der Waals surface area (Å²) in [5.41, 5.74) is 1.94. The molecule has 1 aliphatic rings. The smallest absolute Gasteiger partial charge is 0.338 e. The van der Waals surface area contributed by atoms with E-state index in [1.54, 1.807) is 31.2 Å². The zero-order valence-corrected chi connectivity index (χ0v) is 16.2. The average molecular weight is 394 g/mol. The molecule has 0 radical (unpaired) electrons. The highest BCUT2D eigenvalue weighted by molar-refractivity contribution is 6.04. The molecule has 1 aromatic heterocycles. The summed E-state index contributed by atoms with van der Waals surface area (Å²) in [6, 6.07) is 6.90. The van der Waals surface area contributed by atoms with Gasteiger partial charge in [-0.25, -0.2) is 9.48 Å². The van der Waals surface area contributed by atoms with Crippen LogP contribution in [0, 0.1) is 6.92 Å². The quantitative estimate of drug-likeness (QED) is 0.757. The molecule has 1 fully saturated rings. The van der Waals surface area contributed by atoms with Crippen molar-refractivity contribution in [2.75, 3.05) is 25.0 Å². The lowest BCUT2D eigenvalue weighted by Gasteiger charge is -2.23. The maximum absolute atomic E-state index is 12.6. The fourth-order valence-electron chi connectivity index (χ4n) is 3.08. The Morgan fingerprint density at radius 3 is 2.78 bits per heavy atom. The van der Waals surface area contributed by atoms with E-state index in [4.69, 9.17) is 4.74 Å². The molecule has 0 atom stereocenters. The van der Waals surface area contributed by atoms with Crippen LogP contribution in [-0.4, -0.2) is 46.6 Å². The van der Waals surface area contributed by atoms with E-state index in [1.165, 1.54) is 0 Å². The molecule has 2 heterocycles. The molecular formula is C18H24ClN5O3. The minimum absolute atomic E-state index is 0. The summed E-state index contributed by atoms with van der Waals surface area (Å²) < 4.78 is 6.82. The molecule has 1 saturated heterocycles. The molecule has 146 valence electrons. The van der Waals surface area contributed by atoms with Crippen LogP contribution in [0.5, 0.6) is 0 Å². The summed E-state index contributed by atoms with van der Waals surface area (Å²) in [6.45, 7) is 5.77. The van der Waals surface area contributed by atoms with Gasteiger partial charge in [0.1, 0.15) is 0 Å². The Bertz CT molecular complexity index is 802. The average Bonchev–Trinajstić information content (AvgIpc) is 3.04. The number of ether oxygens (including phenoxy) is 1. The van der Waals surface area contributed by atoms with Crippen molar-refractivity contribution in [2.45, 2.75) is 32.7 Å². The Morgan fingerprint density at radius 1 is 1.33 bits per heavy atom. The maximum atomic E-state index is 12.6. The second-order valence-electron chi connectivity index (χ2n) is 6.20. The Kier molecular flexibility index (Phi) is 7.32. The molecule has 3 rings (SSSR count). The number of rotatable bonds is 5. The third kappa shape index (κ3) is 4.84. The summed E-state index contributed by atoms with van der Waals surface area (Å²) in [7, 11) is 0. The van der Waals surface area contributed by atoms with Gasteiger partial charge in [0.2, 0.25) is 0 Å². The van der Waals surface area contributed by atoms with Crippen molar-refractivity contribution in [3.63, 3.8) is 0 Å². The first kappa shape index (κ1) is 20.9. The van der Waals surface area contributed by atoms with Gasteiger partial charge in [-0.3, -0.25) is 4.79 Å². The number of aromatic nitrogens is 3. The third-order valence-corrected chi connectivity index (χ3v) is 4.43. The van der Waals surface area contributed by atoms with E-state index in [9.17, 15) is 9.59 Å². The lowest BCUT2D eigenvalue weighted by molar-refractivity contribution is 0.0526. The van der Waals surface area contributed by atoms with E-state index in [0.717, 1.165) is 31.6 Å². The summed E-state index contributed by atoms with van der Waals surface area (Å²) in [4.78, 5) is 24.4. The van der Waals surface area contributed by atoms with Crippen LogP contribution in [0.3, 0.4) is 0 Å². The zero-order valence-electron chi connectivity index (χ0n) is 15.4. The number of anilines is 1. The molecule has 2 N–H and O–H groups in total. The Balaban J connectivity index is 0.00000261. The monoisotopic (exact) mass is 393 g/mol. The largest absolute Gasteiger partial charge is 0.462 e. The van der Waals surface area contributed by atoms with Gasteiger partial charge in [0, 0.05) is 5.69 Å². The van der Waals surface area contributed by atoms with E-state index in [1.807, 2.05) is 11.6 Å². The lowest BCUT2D eigenvalue weighted by atomic mass is 10.1. The van der Waals surface area contributed by atoms with E-state index in [2.05, 4.69) is 20.9 Å². The van der Waals surface area contributed by atoms with Gasteiger partial charge in [-0.2, -0.15) is 0 Å². The SMILES string of the molecule is CCOC(=O)c1cccc(NC(=O)c2nnn(C3CCNCC3)c2C)c1.Cl. The van der Waals surface area contributed by atoms with Crippen LogP contribution in [0.1, 0.15) is 52.3 Å². The van der Waals surface area contributed by atoms with Crippen molar-refractivity contribution >= 4 is 30.0 Å². The van der Waals surface area contributed by atoms with Gasteiger partial charge < -0.3 is 15.4 Å². The number of nitrogens with zero attached hydrogens (tertiary/aromatic N) is 3. The predicted octanol–water partition coefficient (Wildman–Crippen LogP) is 2.36. The van der Waals surface area contributed by atoms with Crippen LogP contribution in [-0.2, 0) is 4.74 Å². The molecule has 2 aromatic rings. The highest BCUT2D eigenvalue weighted by atomic mass is 35.5. The molecular weight excluding hydrogens is 370 g/mol. The van der Waals surface area contributed by atoms with Crippen LogP contribution in [0.25, 0.3) is 0 Å². The number of nitrogens with one attached hydrogen (secondary N) is 2. The number of amides is 1. The van der Waals surface area contributed by atoms with Crippen molar-refractivity contribution in [1.29, 1.82) is 0 Å². The Labute approximate surface area is 164 Å². The van der Waals surface area contributed by atoms with Crippen LogP contribution in [0.2, 0.25) is 0 Å². The standard InChI is InChI=1S/C18H23N5O3.ClH/c1-3-26-18(25)13-5-4-6-14(11-13)20-17(24)16-12(2)23(22-21-16)15-7-9-19-10-8-15;/h4-6,11,15,19H,3,7-10H2,1-2H3,(H,20,24);1H. The number of halogens is 1. The van der Waals surface area contributed by atoms with E-state index in [0.29, 0.717) is 23.6 Å². The molecule has 0 spiro atoms. The molecule has 0 saturated carbocycles. The first-order chi connectivity index (χ1) is 12.6. The molecule has 27 heavy (non-hydrogen) atoms. The van der Waals surface area contributed by atoms with Gasteiger partial charge in [-0.15, -0.1) is 17.5 Å². The Hall–Kier alpha value is -2.45. The summed E-state index contributed by atoms with van der Waals surface area (Å²) in [6.07, 6.45) is 1.93. The van der Waals surface area contributed by atoms with E-state index >= 15 is 0 Å². The van der Waals surface area contributed by atoms with Gasteiger partial charge >= 0.3 is 5.97 Å². The molecule has 0 bridgehead atoms. The number of benzene rings is 1. The topological polar surface area (TPSA) is 98.1 Å². The van der Waals surface area contributed by atoms with Crippen molar-refractivity contribution < 1.29 is 14.3 Å². The van der Waals surface area contributed by atoms with Gasteiger partial charge in [0.25, 0.3) is 5.91 Å². The number of hydrogen-bond donors (Lipinski definition) is 2. The second kappa shape index (κ2) is 9.48. The van der Waals surface area contributed by atoms with E-state index < -0.39 is 5.97 Å². The number of carbonyl (C=O) groups excluding carboxylic acids is 2. The molecule has 1 amide bonds. The highest BCUT2D eigenvalue weighted by Gasteiger charge is 2.23. The van der Waals surface area contributed by atoms with Gasteiger partial charge in [0.05, 0.1) is 23.9 Å². The van der Waals surface area contributed by atoms with Crippen molar-refractivity contribution in [3.05, 3.63) is 41.2 Å². The first-order valence-corrected chi connectivity index (χ1v) is 8.81. The fraction of sp³-hybridized carbons (Fsp3) is 0.444. The van der Waals surface area contributed by atoms with Crippen molar-refractivity contribution in [3.8, 4) is 0 Å². The van der Waals surface area contributed by atoms with Crippen LogP contribution in [0.15, 0.2) is 24.3 Å². The van der Waals surface area contributed by atoms with Gasteiger partial charge in [-0.05, 0) is 58.0 Å². The zero-order chi connectivity index (χ0) is 18.5. The van der Waals surface area contributed by atoms with Crippen LogP contribution in [0.4, 0.5) is 5.69 Å². The normalized spacial score (nSPS) is 14.3. The molecule has 1 aromatic carbocycles. The van der Waals surface area contributed by atoms with Crippen LogP contribution < -0.4 is 10.6 Å². The van der Waals surface area contributed by atoms with Gasteiger partial charge in [0.15, 0.2) is 5.69 Å². The predicted molar refractivity (Wildman–Crippen MR) is 103 cm³/mol. The highest BCUT2D eigenvalue weighted by Crippen LogP contribution is 2.21. The minimum atomic E-state index is -0.420. The summed E-state index contributed by atoms with van der Waals surface area (Å²) >= 11 is 0. The molecule has 8 nitrogen and oxygen atoms in total. The summed E-state index contributed by atoms with van der Waals surface area (Å²) in [5.74, 6) is -0.764. The molecule has 9 heteroatoms. The molecule has 0 unspecified atom stereocenters. The fourth-order valence-corrected chi connectivity index (χ4v) is 3.08. The number of piperidine rings is 1. The first-order valence-electron chi connectivity index (χ1n) is 8.81. The molecule has 0 aliphatic carbocycles.